The summed E-state index contributed by atoms with van der Waals surface area (Å²) in [5, 5.41) is 9.33. The van der Waals surface area contributed by atoms with Crippen molar-refractivity contribution in [1.82, 2.24) is 9.88 Å². The number of likely N-dealkylation sites (tertiary alicyclic amines) is 1. The van der Waals surface area contributed by atoms with E-state index in [2.05, 4.69) is 10.4 Å². The maximum absolute atomic E-state index is 12.5. The molecule has 2 heterocycles. The maximum atomic E-state index is 12.5. The topological polar surface area (TPSA) is 91.5 Å². The molecule has 0 aliphatic carbocycles. The summed E-state index contributed by atoms with van der Waals surface area (Å²) in [6, 6.07) is 3.22. The van der Waals surface area contributed by atoms with Gasteiger partial charge in [-0.3, -0.25) is 4.79 Å². The Morgan fingerprint density at radius 2 is 2.40 bits per heavy atom. The zero-order chi connectivity index (χ0) is 14.5. The average Bonchev–Trinajstić information content (AvgIpc) is 2.48. The van der Waals surface area contributed by atoms with Crippen molar-refractivity contribution in [2.24, 2.45) is 11.8 Å². The van der Waals surface area contributed by atoms with Crippen molar-refractivity contribution in [3.63, 3.8) is 0 Å². The number of carbonyl (C=O) groups excluding carboxylic acids is 1. The molecule has 1 amide bonds. The van der Waals surface area contributed by atoms with Crippen LogP contribution in [0.25, 0.3) is 0 Å². The van der Waals surface area contributed by atoms with Crippen molar-refractivity contribution < 1.29 is 9.90 Å². The van der Waals surface area contributed by atoms with Gasteiger partial charge in [0.05, 0.1) is 5.02 Å². The van der Waals surface area contributed by atoms with E-state index in [1.54, 1.807) is 17.0 Å². The molecular formula is C13H19ClN4O2. The number of halogens is 1. The quantitative estimate of drug-likeness (QED) is 0.575. The SMILES string of the molecule is NNc1ccc(Cl)c(C(=O)N2CCCC(CCO)C2)n1. The van der Waals surface area contributed by atoms with E-state index in [-0.39, 0.29) is 18.2 Å². The van der Waals surface area contributed by atoms with Gasteiger partial charge >= 0.3 is 0 Å². The molecule has 0 radical (unpaired) electrons. The Kier molecular flexibility index (Phi) is 5.17. The van der Waals surface area contributed by atoms with Gasteiger partial charge in [-0.15, -0.1) is 0 Å². The lowest BCUT2D eigenvalue weighted by molar-refractivity contribution is 0.0648. The van der Waals surface area contributed by atoms with Gasteiger partial charge in [0.1, 0.15) is 11.5 Å². The highest BCUT2D eigenvalue weighted by Crippen LogP contribution is 2.23. The van der Waals surface area contributed by atoms with Crippen molar-refractivity contribution in [3.05, 3.63) is 22.8 Å². The smallest absolute Gasteiger partial charge is 0.274 e. The highest BCUT2D eigenvalue weighted by molar-refractivity contribution is 6.33. The highest BCUT2D eigenvalue weighted by Gasteiger charge is 2.26. The third-order valence-corrected chi connectivity index (χ3v) is 3.85. The summed E-state index contributed by atoms with van der Waals surface area (Å²) in [6.07, 6.45) is 2.69. The molecule has 4 N–H and O–H groups in total. The van der Waals surface area contributed by atoms with Gasteiger partial charge in [-0.1, -0.05) is 11.6 Å². The summed E-state index contributed by atoms with van der Waals surface area (Å²) in [6.45, 7) is 1.48. The van der Waals surface area contributed by atoms with E-state index < -0.39 is 0 Å². The van der Waals surface area contributed by atoms with E-state index in [1.165, 1.54) is 0 Å². The van der Waals surface area contributed by atoms with Crippen molar-refractivity contribution >= 4 is 23.3 Å². The molecule has 1 aliphatic rings. The summed E-state index contributed by atoms with van der Waals surface area (Å²) in [5.41, 5.74) is 2.62. The number of anilines is 1. The summed E-state index contributed by atoms with van der Waals surface area (Å²) >= 11 is 6.05. The lowest BCUT2D eigenvalue weighted by Crippen LogP contribution is -2.40. The molecule has 2 rings (SSSR count). The first-order chi connectivity index (χ1) is 9.65. The molecule has 0 aromatic carbocycles. The molecule has 0 bridgehead atoms. The van der Waals surface area contributed by atoms with Gasteiger partial charge in [0, 0.05) is 19.7 Å². The minimum absolute atomic E-state index is 0.151. The number of aromatic nitrogens is 1. The van der Waals surface area contributed by atoms with Crippen LogP contribution in [-0.2, 0) is 0 Å². The average molecular weight is 299 g/mol. The first kappa shape index (κ1) is 15.0. The first-order valence-corrected chi connectivity index (χ1v) is 7.06. The number of hydrazine groups is 1. The van der Waals surface area contributed by atoms with Crippen molar-refractivity contribution in [1.29, 1.82) is 0 Å². The van der Waals surface area contributed by atoms with Crippen LogP contribution in [0.4, 0.5) is 5.82 Å². The zero-order valence-corrected chi connectivity index (χ0v) is 11.9. The fourth-order valence-electron chi connectivity index (χ4n) is 2.49. The molecular weight excluding hydrogens is 280 g/mol. The number of aliphatic hydroxyl groups is 1. The van der Waals surface area contributed by atoms with Crippen molar-refractivity contribution in [2.45, 2.75) is 19.3 Å². The third-order valence-electron chi connectivity index (χ3n) is 3.54. The molecule has 1 unspecified atom stereocenters. The van der Waals surface area contributed by atoms with Crippen LogP contribution in [0.5, 0.6) is 0 Å². The fraction of sp³-hybridized carbons (Fsp3) is 0.538. The minimum Gasteiger partial charge on any atom is -0.396 e. The van der Waals surface area contributed by atoms with Crippen LogP contribution in [-0.4, -0.2) is 40.6 Å². The van der Waals surface area contributed by atoms with Gasteiger partial charge in [-0.2, -0.15) is 0 Å². The van der Waals surface area contributed by atoms with Gasteiger partial charge in [-0.25, -0.2) is 10.8 Å². The molecule has 1 aromatic heterocycles. The molecule has 7 heteroatoms. The van der Waals surface area contributed by atoms with Crippen LogP contribution < -0.4 is 11.3 Å². The maximum Gasteiger partial charge on any atom is 0.274 e. The molecule has 0 saturated carbocycles. The van der Waals surface area contributed by atoms with E-state index in [1.807, 2.05) is 0 Å². The molecule has 6 nitrogen and oxygen atoms in total. The summed E-state index contributed by atoms with van der Waals surface area (Å²) < 4.78 is 0. The lowest BCUT2D eigenvalue weighted by Gasteiger charge is -2.32. The molecule has 1 atom stereocenters. The highest BCUT2D eigenvalue weighted by atomic mass is 35.5. The van der Waals surface area contributed by atoms with Crippen LogP contribution in [0, 0.1) is 5.92 Å². The number of hydrogen-bond donors (Lipinski definition) is 3. The van der Waals surface area contributed by atoms with Crippen molar-refractivity contribution in [2.75, 3.05) is 25.1 Å². The predicted octanol–water partition coefficient (Wildman–Crippen LogP) is 1.26. The molecule has 1 aliphatic heterocycles. The number of rotatable bonds is 4. The summed E-state index contributed by atoms with van der Waals surface area (Å²) in [5.74, 6) is 5.86. The van der Waals surface area contributed by atoms with Gasteiger partial charge in [0.25, 0.3) is 5.91 Å². The van der Waals surface area contributed by atoms with E-state index >= 15 is 0 Å². The molecule has 1 fully saturated rings. The molecule has 1 aromatic rings. The van der Waals surface area contributed by atoms with E-state index in [9.17, 15) is 4.79 Å². The Morgan fingerprint density at radius 1 is 1.60 bits per heavy atom. The Labute approximate surface area is 122 Å². The number of piperidine rings is 1. The third kappa shape index (κ3) is 3.39. The van der Waals surface area contributed by atoms with Crippen LogP contribution in [0.1, 0.15) is 29.8 Å². The normalized spacial score (nSPS) is 18.9. The number of nitrogen functional groups attached to an aromatic ring is 1. The second-order valence-electron chi connectivity index (χ2n) is 4.94. The van der Waals surface area contributed by atoms with Gasteiger partial charge in [0.15, 0.2) is 0 Å². The van der Waals surface area contributed by atoms with Crippen LogP contribution in [0.15, 0.2) is 12.1 Å². The van der Waals surface area contributed by atoms with Crippen LogP contribution >= 0.6 is 11.6 Å². The number of amides is 1. The van der Waals surface area contributed by atoms with Gasteiger partial charge in [0.2, 0.25) is 0 Å². The Balaban J connectivity index is 2.14. The zero-order valence-electron chi connectivity index (χ0n) is 11.2. The standard InChI is InChI=1S/C13H19ClN4O2/c14-10-3-4-11(17-15)16-12(10)13(20)18-6-1-2-9(8-18)5-7-19/h3-4,9,19H,1-2,5-8,15H2,(H,16,17). The second kappa shape index (κ2) is 6.88. The second-order valence-corrected chi connectivity index (χ2v) is 5.35. The number of pyridine rings is 1. The van der Waals surface area contributed by atoms with E-state index in [4.69, 9.17) is 22.6 Å². The Morgan fingerprint density at radius 3 is 3.10 bits per heavy atom. The number of carbonyl (C=O) groups is 1. The predicted molar refractivity (Wildman–Crippen MR) is 77.4 cm³/mol. The van der Waals surface area contributed by atoms with Crippen molar-refractivity contribution in [3.8, 4) is 0 Å². The minimum atomic E-state index is -0.185. The summed E-state index contributed by atoms with van der Waals surface area (Å²) in [4.78, 5) is 18.4. The molecule has 20 heavy (non-hydrogen) atoms. The number of nitrogens with two attached hydrogens (primary N) is 1. The van der Waals surface area contributed by atoms with Gasteiger partial charge < -0.3 is 15.4 Å². The largest absolute Gasteiger partial charge is 0.396 e. The lowest BCUT2D eigenvalue weighted by atomic mass is 9.95. The van der Waals surface area contributed by atoms with E-state index in [0.717, 1.165) is 19.3 Å². The number of nitrogens with zero attached hydrogens (tertiary/aromatic N) is 2. The molecule has 1 saturated heterocycles. The first-order valence-electron chi connectivity index (χ1n) is 6.69. The van der Waals surface area contributed by atoms with E-state index in [0.29, 0.717) is 29.8 Å². The summed E-state index contributed by atoms with van der Waals surface area (Å²) in [7, 11) is 0. The number of aliphatic hydroxyl groups excluding tert-OH is 1. The van der Waals surface area contributed by atoms with Gasteiger partial charge in [-0.05, 0) is 37.3 Å². The van der Waals surface area contributed by atoms with Crippen LogP contribution in [0.2, 0.25) is 5.02 Å². The number of nitrogens with one attached hydrogen (secondary N) is 1. The Hall–Kier alpha value is -1.37. The fourth-order valence-corrected chi connectivity index (χ4v) is 2.68. The molecule has 0 spiro atoms. The Bertz CT molecular complexity index is 481. The van der Waals surface area contributed by atoms with Crippen LogP contribution in [0.3, 0.4) is 0 Å². The molecule has 110 valence electrons. The number of hydrogen-bond acceptors (Lipinski definition) is 5. The monoisotopic (exact) mass is 298 g/mol.